The first kappa shape index (κ1) is 11.6. The zero-order valence-electron chi connectivity index (χ0n) is 9.10. The standard InChI is InChI=1S/C13H12ClN3/c14-11-7-4-8-12(9-11)16-13(17-15)10-5-2-1-3-6-10/h1-9H,15H2,(H,16,17). The van der Waals surface area contributed by atoms with Crippen LogP contribution < -0.4 is 11.3 Å². The molecule has 4 heteroatoms. The van der Waals surface area contributed by atoms with Crippen LogP contribution in [0.3, 0.4) is 0 Å². The maximum atomic E-state index is 5.90. The second kappa shape index (κ2) is 5.48. The van der Waals surface area contributed by atoms with Crippen molar-refractivity contribution < 1.29 is 0 Å². The minimum Gasteiger partial charge on any atom is -0.308 e. The zero-order chi connectivity index (χ0) is 12.1. The number of halogens is 1. The van der Waals surface area contributed by atoms with Crippen LogP contribution in [0.2, 0.25) is 5.02 Å². The fraction of sp³-hybridized carbons (Fsp3) is 0. The van der Waals surface area contributed by atoms with Crippen LogP contribution in [0.5, 0.6) is 0 Å². The summed E-state index contributed by atoms with van der Waals surface area (Å²) in [6.45, 7) is 0. The highest BCUT2D eigenvalue weighted by Crippen LogP contribution is 2.18. The van der Waals surface area contributed by atoms with E-state index in [-0.39, 0.29) is 0 Å². The van der Waals surface area contributed by atoms with Crippen molar-refractivity contribution in [2.24, 2.45) is 10.8 Å². The Morgan fingerprint density at radius 3 is 2.47 bits per heavy atom. The van der Waals surface area contributed by atoms with Gasteiger partial charge in [0.15, 0.2) is 0 Å². The number of hydrazine groups is 1. The van der Waals surface area contributed by atoms with Gasteiger partial charge in [0.1, 0.15) is 5.84 Å². The van der Waals surface area contributed by atoms with Gasteiger partial charge in [-0.3, -0.25) is 0 Å². The molecule has 17 heavy (non-hydrogen) atoms. The molecule has 0 aliphatic heterocycles. The molecule has 0 atom stereocenters. The fourth-order valence-corrected chi connectivity index (χ4v) is 1.64. The Morgan fingerprint density at radius 2 is 1.82 bits per heavy atom. The molecule has 0 fully saturated rings. The Bertz CT molecular complexity index is 523. The fourth-order valence-electron chi connectivity index (χ4n) is 1.45. The quantitative estimate of drug-likeness (QED) is 0.370. The topological polar surface area (TPSA) is 50.4 Å². The predicted molar refractivity (Wildman–Crippen MR) is 71.4 cm³/mol. The van der Waals surface area contributed by atoms with E-state index in [1.165, 1.54) is 0 Å². The lowest BCUT2D eigenvalue weighted by molar-refractivity contribution is 1.02. The smallest absolute Gasteiger partial charge is 0.147 e. The van der Waals surface area contributed by atoms with Crippen LogP contribution in [-0.4, -0.2) is 5.84 Å². The SMILES string of the molecule is NNC(=Nc1cccc(Cl)c1)c1ccccc1. The third kappa shape index (κ3) is 3.06. The molecule has 0 unspecified atom stereocenters. The van der Waals surface area contributed by atoms with Gasteiger partial charge >= 0.3 is 0 Å². The van der Waals surface area contributed by atoms with Gasteiger partial charge in [-0.15, -0.1) is 0 Å². The maximum absolute atomic E-state index is 5.90. The van der Waals surface area contributed by atoms with Crippen molar-refractivity contribution in [3.8, 4) is 0 Å². The number of nitrogens with one attached hydrogen (secondary N) is 1. The Kier molecular flexibility index (Phi) is 3.75. The van der Waals surface area contributed by atoms with E-state index in [0.29, 0.717) is 10.9 Å². The minimum atomic E-state index is 0.605. The molecular formula is C13H12ClN3. The molecule has 3 nitrogen and oxygen atoms in total. The highest BCUT2D eigenvalue weighted by molar-refractivity contribution is 6.30. The average molecular weight is 246 g/mol. The highest BCUT2D eigenvalue weighted by Gasteiger charge is 2.00. The molecule has 0 heterocycles. The molecular weight excluding hydrogens is 234 g/mol. The second-order valence-corrected chi connectivity index (χ2v) is 3.89. The van der Waals surface area contributed by atoms with Crippen LogP contribution >= 0.6 is 11.6 Å². The van der Waals surface area contributed by atoms with Gasteiger partial charge < -0.3 is 5.43 Å². The van der Waals surface area contributed by atoms with Gasteiger partial charge in [-0.2, -0.15) is 0 Å². The molecule has 2 aromatic rings. The molecule has 0 spiro atoms. The van der Waals surface area contributed by atoms with Crippen LogP contribution in [0.4, 0.5) is 5.69 Å². The van der Waals surface area contributed by atoms with Gasteiger partial charge in [0.05, 0.1) is 5.69 Å². The van der Waals surface area contributed by atoms with Gasteiger partial charge in [-0.05, 0) is 18.2 Å². The van der Waals surface area contributed by atoms with Crippen LogP contribution in [0.1, 0.15) is 5.56 Å². The first-order valence-electron chi connectivity index (χ1n) is 5.16. The summed E-state index contributed by atoms with van der Waals surface area (Å²) < 4.78 is 0. The molecule has 2 aromatic carbocycles. The molecule has 0 amide bonds. The van der Waals surface area contributed by atoms with Crippen LogP contribution in [-0.2, 0) is 0 Å². The summed E-state index contributed by atoms with van der Waals surface area (Å²) in [6, 6.07) is 17.0. The highest BCUT2D eigenvalue weighted by atomic mass is 35.5. The van der Waals surface area contributed by atoms with E-state index in [0.717, 1.165) is 11.3 Å². The van der Waals surface area contributed by atoms with Crippen molar-refractivity contribution in [1.29, 1.82) is 0 Å². The zero-order valence-corrected chi connectivity index (χ0v) is 9.85. The van der Waals surface area contributed by atoms with Gasteiger partial charge in [0.2, 0.25) is 0 Å². The molecule has 3 N–H and O–H groups in total. The van der Waals surface area contributed by atoms with Crippen LogP contribution in [0.25, 0.3) is 0 Å². The van der Waals surface area contributed by atoms with E-state index < -0.39 is 0 Å². The molecule has 0 radical (unpaired) electrons. The average Bonchev–Trinajstić information content (AvgIpc) is 2.37. The third-order valence-electron chi connectivity index (χ3n) is 2.23. The molecule has 0 aliphatic rings. The van der Waals surface area contributed by atoms with E-state index in [4.69, 9.17) is 17.4 Å². The number of amidine groups is 1. The Labute approximate surface area is 105 Å². The summed E-state index contributed by atoms with van der Waals surface area (Å²) in [4.78, 5) is 4.40. The van der Waals surface area contributed by atoms with Crippen molar-refractivity contribution in [3.63, 3.8) is 0 Å². The minimum absolute atomic E-state index is 0.605. The van der Waals surface area contributed by atoms with Crippen molar-refractivity contribution in [2.45, 2.75) is 0 Å². The van der Waals surface area contributed by atoms with Crippen LogP contribution in [0, 0.1) is 0 Å². The number of hydrogen-bond donors (Lipinski definition) is 2. The molecule has 0 aliphatic carbocycles. The van der Waals surface area contributed by atoms with Gasteiger partial charge in [0, 0.05) is 10.6 Å². The lowest BCUT2D eigenvalue weighted by Crippen LogP contribution is -2.30. The van der Waals surface area contributed by atoms with Crippen molar-refractivity contribution in [2.75, 3.05) is 0 Å². The summed E-state index contributed by atoms with van der Waals surface area (Å²) in [5.74, 6) is 6.08. The Morgan fingerprint density at radius 1 is 1.06 bits per heavy atom. The molecule has 0 saturated carbocycles. The summed E-state index contributed by atoms with van der Waals surface area (Å²) in [7, 11) is 0. The van der Waals surface area contributed by atoms with Crippen molar-refractivity contribution in [1.82, 2.24) is 5.43 Å². The van der Waals surface area contributed by atoms with E-state index in [9.17, 15) is 0 Å². The van der Waals surface area contributed by atoms with Crippen molar-refractivity contribution >= 4 is 23.1 Å². The lowest BCUT2D eigenvalue weighted by Gasteiger charge is -2.05. The van der Waals surface area contributed by atoms with Gasteiger partial charge in [-0.1, -0.05) is 48.0 Å². The number of rotatable bonds is 2. The summed E-state index contributed by atoms with van der Waals surface area (Å²) >= 11 is 5.90. The Balaban J connectivity index is 2.36. The molecule has 86 valence electrons. The Hall–Kier alpha value is -1.84. The molecule has 2 rings (SSSR count). The van der Waals surface area contributed by atoms with Crippen LogP contribution in [0.15, 0.2) is 59.6 Å². The summed E-state index contributed by atoms with van der Waals surface area (Å²) in [6.07, 6.45) is 0. The largest absolute Gasteiger partial charge is 0.308 e. The summed E-state index contributed by atoms with van der Waals surface area (Å²) in [5, 5.41) is 0.649. The number of hydrogen-bond acceptors (Lipinski definition) is 2. The molecule has 0 bridgehead atoms. The number of aliphatic imine (C=N–C) groups is 1. The van der Waals surface area contributed by atoms with E-state index in [2.05, 4.69) is 10.4 Å². The second-order valence-electron chi connectivity index (χ2n) is 3.45. The number of nitrogens with two attached hydrogens (primary N) is 1. The predicted octanol–water partition coefficient (Wildman–Crippen LogP) is 2.88. The van der Waals surface area contributed by atoms with Crippen molar-refractivity contribution in [3.05, 3.63) is 65.2 Å². The van der Waals surface area contributed by atoms with Gasteiger partial charge in [0.25, 0.3) is 0 Å². The number of benzene rings is 2. The maximum Gasteiger partial charge on any atom is 0.147 e. The normalized spacial score (nSPS) is 11.3. The van der Waals surface area contributed by atoms with Gasteiger partial charge in [-0.25, -0.2) is 10.8 Å². The molecule has 0 saturated heterocycles. The summed E-state index contributed by atoms with van der Waals surface area (Å²) in [5.41, 5.74) is 4.28. The molecule has 0 aromatic heterocycles. The first-order chi connectivity index (χ1) is 8.29. The number of nitrogens with zero attached hydrogens (tertiary/aromatic N) is 1. The lowest BCUT2D eigenvalue weighted by atomic mass is 10.2. The third-order valence-corrected chi connectivity index (χ3v) is 2.47. The van der Waals surface area contributed by atoms with E-state index in [1.54, 1.807) is 12.1 Å². The van der Waals surface area contributed by atoms with E-state index >= 15 is 0 Å². The first-order valence-corrected chi connectivity index (χ1v) is 5.53. The van der Waals surface area contributed by atoms with E-state index in [1.807, 2.05) is 42.5 Å². The monoisotopic (exact) mass is 245 g/mol.